The lowest BCUT2D eigenvalue weighted by Crippen LogP contribution is -2.28. The molecule has 4 heteroatoms. The van der Waals surface area contributed by atoms with Gasteiger partial charge in [0.2, 0.25) is 0 Å². The minimum atomic E-state index is -0.745. The summed E-state index contributed by atoms with van der Waals surface area (Å²) in [5.41, 5.74) is 0.363. The topological polar surface area (TPSA) is 32.3 Å². The molecule has 2 nitrogen and oxygen atoms in total. The largest absolute Gasteiger partial charge is 0.505 e. The first kappa shape index (κ1) is 11.3. The summed E-state index contributed by atoms with van der Waals surface area (Å²) in [6.07, 6.45) is 2.52. The summed E-state index contributed by atoms with van der Waals surface area (Å²) in [6, 6.07) is 1.96. The zero-order chi connectivity index (χ0) is 11.5. The van der Waals surface area contributed by atoms with E-state index >= 15 is 0 Å². The highest BCUT2D eigenvalue weighted by Gasteiger charge is 2.17. The highest BCUT2D eigenvalue weighted by Crippen LogP contribution is 2.24. The number of hydrogen-bond donors (Lipinski definition) is 2. The molecular formula is C12H15F2NO. The summed E-state index contributed by atoms with van der Waals surface area (Å²) < 4.78 is 26.5. The van der Waals surface area contributed by atoms with E-state index in [0.717, 1.165) is 38.1 Å². The highest BCUT2D eigenvalue weighted by molar-refractivity contribution is 5.30. The van der Waals surface area contributed by atoms with E-state index in [-0.39, 0.29) is 0 Å². The number of phenolic OH excluding ortho intramolecular Hbond substituents is 1. The maximum absolute atomic E-state index is 13.4. The molecule has 0 atom stereocenters. The second kappa shape index (κ2) is 4.78. The van der Waals surface area contributed by atoms with Gasteiger partial charge in [0.05, 0.1) is 0 Å². The van der Waals surface area contributed by atoms with Gasteiger partial charge in [-0.05, 0) is 49.9 Å². The zero-order valence-corrected chi connectivity index (χ0v) is 8.97. The van der Waals surface area contributed by atoms with E-state index in [1.165, 1.54) is 0 Å². The predicted molar refractivity (Wildman–Crippen MR) is 57.3 cm³/mol. The number of hydrogen-bond acceptors (Lipinski definition) is 2. The summed E-state index contributed by atoms with van der Waals surface area (Å²) in [4.78, 5) is 0. The quantitative estimate of drug-likeness (QED) is 0.812. The SMILES string of the molecule is Oc1cc(F)c(CC2CCNCC2)cc1F. The Labute approximate surface area is 93.3 Å². The van der Waals surface area contributed by atoms with Crippen LogP contribution >= 0.6 is 0 Å². The smallest absolute Gasteiger partial charge is 0.165 e. The Balaban J connectivity index is 2.11. The van der Waals surface area contributed by atoms with E-state index < -0.39 is 17.4 Å². The van der Waals surface area contributed by atoms with Gasteiger partial charge in [-0.25, -0.2) is 8.78 Å². The third kappa shape index (κ3) is 2.50. The standard InChI is InChI=1S/C12H15F2NO/c13-10-7-12(16)11(14)6-9(10)5-8-1-3-15-4-2-8/h6-8,15-16H,1-5H2. The van der Waals surface area contributed by atoms with Crippen LogP contribution in [-0.4, -0.2) is 18.2 Å². The Morgan fingerprint density at radius 2 is 1.88 bits per heavy atom. The van der Waals surface area contributed by atoms with Crippen LogP contribution in [0.15, 0.2) is 12.1 Å². The lowest BCUT2D eigenvalue weighted by molar-refractivity contribution is 0.366. The van der Waals surface area contributed by atoms with Gasteiger partial charge in [0.15, 0.2) is 11.6 Å². The fourth-order valence-corrected chi connectivity index (χ4v) is 2.13. The highest BCUT2D eigenvalue weighted by atomic mass is 19.1. The number of phenols is 1. The van der Waals surface area contributed by atoms with Crippen LogP contribution in [0.25, 0.3) is 0 Å². The molecule has 1 fully saturated rings. The number of benzene rings is 1. The second-order valence-electron chi connectivity index (χ2n) is 4.29. The maximum atomic E-state index is 13.4. The van der Waals surface area contributed by atoms with E-state index in [9.17, 15) is 8.78 Å². The van der Waals surface area contributed by atoms with E-state index in [4.69, 9.17) is 5.11 Å². The molecule has 0 bridgehead atoms. The molecule has 1 aromatic rings. The van der Waals surface area contributed by atoms with E-state index in [0.29, 0.717) is 17.9 Å². The number of nitrogens with one attached hydrogen (secondary N) is 1. The van der Waals surface area contributed by atoms with Gasteiger partial charge in [-0.2, -0.15) is 0 Å². The van der Waals surface area contributed by atoms with Gasteiger partial charge in [-0.15, -0.1) is 0 Å². The van der Waals surface area contributed by atoms with Gasteiger partial charge in [-0.3, -0.25) is 0 Å². The van der Waals surface area contributed by atoms with Crippen LogP contribution in [0.3, 0.4) is 0 Å². The van der Waals surface area contributed by atoms with Crippen LogP contribution in [0, 0.1) is 17.6 Å². The molecule has 0 unspecified atom stereocenters. The molecule has 0 aliphatic carbocycles. The third-order valence-corrected chi connectivity index (χ3v) is 3.08. The van der Waals surface area contributed by atoms with Gasteiger partial charge in [0.25, 0.3) is 0 Å². The fraction of sp³-hybridized carbons (Fsp3) is 0.500. The minimum absolute atomic E-state index is 0.363. The first-order valence-electron chi connectivity index (χ1n) is 5.54. The van der Waals surface area contributed by atoms with Crippen molar-refractivity contribution in [1.29, 1.82) is 0 Å². The summed E-state index contributed by atoms with van der Waals surface area (Å²) in [5.74, 6) is -1.48. The molecular weight excluding hydrogens is 212 g/mol. The molecule has 1 saturated heterocycles. The molecule has 1 aromatic carbocycles. The van der Waals surface area contributed by atoms with Crippen LogP contribution in [0.4, 0.5) is 8.78 Å². The van der Waals surface area contributed by atoms with Crippen LogP contribution in [0.5, 0.6) is 5.75 Å². The zero-order valence-electron chi connectivity index (χ0n) is 8.97. The molecule has 0 aromatic heterocycles. The van der Waals surface area contributed by atoms with Crippen molar-refractivity contribution in [3.63, 3.8) is 0 Å². The van der Waals surface area contributed by atoms with Crippen molar-refractivity contribution in [2.75, 3.05) is 13.1 Å². The molecule has 0 saturated carbocycles. The van der Waals surface area contributed by atoms with E-state index in [1.807, 2.05) is 0 Å². The molecule has 2 N–H and O–H groups in total. The molecule has 1 aliphatic rings. The van der Waals surface area contributed by atoms with E-state index in [2.05, 4.69) is 5.32 Å². The number of rotatable bonds is 2. The van der Waals surface area contributed by atoms with Gasteiger partial charge in [0, 0.05) is 6.07 Å². The number of aromatic hydroxyl groups is 1. The molecule has 0 radical (unpaired) electrons. The Morgan fingerprint density at radius 3 is 2.56 bits per heavy atom. The summed E-state index contributed by atoms with van der Waals surface area (Å²) >= 11 is 0. The monoisotopic (exact) mass is 227 g/mol. The summed E-state index contributed by atoms with van der Waals surface area (Å²) in [7, 11) is 0. The van der Waals surface area contributed by atoms with Crippen LogP contribution in [-0.2, 0) is 6.42 Å². The fourth-order valence-electron chi connectivity index (χ4n) is 2.13. The average molecular weight is 227 g/mol. The lowest BCUT2D eigenvalue weighted by atomic mass is 9.91. The van der Waals surface area contributed by atoms with Crippen molar-refractivity contribution < 1.29 is 13.9 Å². The van der Waals surface area contributed by atoms with Crippen molar-refractivity contribution >= 4 is 0 Å². The predicted octanol–water partition coefficient (Wildman–Crippen LogP) is 2.21. The molecule has 88 valence electrons. The van der Waals surface area contributed by atoms with E-state index in [1.54, 1.807) is 0 Å². The van der Waals surface area contributed by atoms with Gasteiger partial charge in [-0.1, -0.05) is 0 Å². The third-order valence-electron chi connectivity index (χ3n) is 3.08. The van der Waals surface area contributed by atoms with Crippen molar-refractivity contribution in [2.24, 2.45) is 5.92 Å². The molecule has 2 rings (SSSR count). The van der Waals surface area contributed by atoms with Gasteiger partial charge >= 0.3 is 0 Å². The van der Waals surface area contributed by atoms with Gasteiger partial charge < -0.3 is 10.4 Å². The molecule has 1 aliphatic heterocycles. The molecule has 1 heterocycles. The molecule has 16 heavy (non-hydrogen) atoms. The second-order valence-corrected chi connectivity index (χ2v) is 4.29. The lowest BCUT2D eigenvalue weighted by Gasteiger charge is -2.22. The van der Waals surface area contributed by atoms with Gasteiger partial charge in [0.1, 0.15) is 5.82 Å². The van der Waals surface area contributed by atoms with Crippen molar-refractivity contribution in [2.45, 2.75) is 19.3 Å². The maximum Gasteiger partial charge on any atom is 0.165 e. The van der Waals surface area contributed by atoms with Crippen molar-refractivity contribution in [3.8, 4) is 5.75 Å². The first-order chi connectivity index (χ1) is 7.66. The summed E-state index contributed by atoms with van der Waals surface area (Å²) in [5, 5.41) is 12.2. The van der Waals surface area contributed by atoms with Crippen molar-refractivity contribution in [1.82, 2.24) is 5.32 Å². The Bertz CT molecular complexity index is 376. The number of piperidine rings is 1. The Morgan fingerprint density at radius 1 is 1.19 bits per heavy atom. The molecule has 0 amide bonds. The number of halogens is 2. The first-order valence-corrected chi connectivity index (χ1v) is 5.54. The Kier molecular flexibility index (Phi) is 3.39. The Hall–Kier alpha value is -1.16. The normalized spacial score (nSPS) is 17.6. The summed E-state index contributed by atoms with van der Waals surface area (Å²) in [6.45, 7) is 1.87. The van der Waals surface area contributed by atoms with Crippen molar-refractivity contribution in [3.05, 3.63) is 29.3 Å². The molecule has 0 spiro atoms. The van der Waals surface area contributed by atoms with Crippen LogP contribution in [0.1, 0.15) is 18.4 Å². The minimum Gasteiger partial charge on any atom is -0.505 e. The van der Waals surface area contributed by atoms with Crippen LogP contribution in [0.2, 0.25) is 0 Å². The van der Waals surface area contributed by atoms with Crippen LogP contribution < -0.4 is 5.32 Å². The average Bonchev–Trinajstić information content (AvgIpc) is 2.27.